The van der Waals surface area contributed by atoms with Crippen LogP contribution in [0.15, 0.2) is 66.7 Å². The first-order valence-corrected chi connectivity index (χ1v) is 11.1. The van der Waals surface area contributed by atoms with Crippen LogP contribution in [0.4, 0.5) is 10.1 Å². The van der Waals surface area contributed by atoms with Crippen molar-refractivity contribution in [2.45, 2.75) is 13.3 Å². The van der Waals surface area contributed by atoms with Crippen molar-refractivity contribution >= 4 is 11.5 Å². The van der Waals surface area contributed by atoms with Gasteiger partial charge in [-0.05, 0) is 41.9 Å². The number of methoxy groups -OCH3 is 1. The van der Waals surface area contributed by atoms with Crippen molar-refractivity contribution < 1.29 is 13.9 Å². The summed E-state index contributed by atoms with van der Waals surface area (Å²) in [6.07, 6.45) is 0.192. The molecule has 1 aliphatic rings. The fourth-order valence-electron chi connectivity index (χ4n) is 4.26. The van der Waals surface area contributed by atoms with Crippen LogP contribution in [-0.2, 0) is 6.42 Å². The number of hydrogen-bond donors (Lipinski definition) is 0. The van der Waals surface area contributed by atoms with Crippen molar-refractivity contribution in [1.29, 1.82) is 0 Å². The lowest BCUT2D eigenvalue weighted by molar-refractivity contribution is 0.0990. The Balaban J connectivity index is 1.74. The van der Waals surface area contributed by atoms with Gasteiger partial charge in [0.2, 0.25) is 0 Å². The summed E-state index contributed by atoms with van der Waals surface area (Å²) in [5.74, 6) is 0.234. The summed E-state index contributed by atoms with van der Waals surface area (Å²) in [5, 5.41) is 0. The lowest BCUT2D eigenvalue weighted by Gasteiger charge is -2.36. The Morgan fingerprint density at radius 3 is 2.28 bits per heavy atom. The van der Waals surface area contributed by atoms with Crippen LogP contribution >= 0.6 is 0 Å². The molecular weight excluding hydrogens is 403 g/mol. The minimum atomic E-state index is -0.307. The van der Waals surface area contributed by atoms with Gasteiger partial charge in [0.25, 0.3) is 0 Å². The fourth-order valence-corrected chi connectivity index (χ4v) is 4.26. The highest BCUT2D eigenvalue weighted by Gasteiger charge is 2.23. The van der Waals surface area contributed by atoms with Gasteiger partial charge < -0.3 is 14.5 Å². The second kappa shape index (κ2) is 9.96. The molecule has 0 amide bonds. The van der Waals surface area contributed by atoms with Gasteiger partial charge in [-0.1, -0.05) is 49.4 Å². The van der Waals surface area contributed by atoms with Crippen molar-refractivity contribution in [2.24, 2.45) is 0 Å². The summed E-state index contributed by atoms with van der Waals surface area (Å²) in [4.78, 5) is 18.2. The van der Waals surface area contributed by atoms with Crippen LogP contribution in [-0.4, -0.2) is 50.5 Å². The quantitative estimate of drug-likeness (QED) is 0.488. The van der Waals surface area contributed by atoms with E-state index in [-0.39, 0.29) is 18.0 Å². The third-order valence-corrected chi connectivity index (χ3v) is 6.13. The highest BCUT2D eigenvalue weighted by Crippen LogP contribution is 2.38. The van der Waals surface area contributed by atoms with E-state index in [9.17, 15) is 9.18 Å². The molecule has 4 nitrogen and oxygen atoms in total. The highest BCUT2D eigenvalue weighted by atomic mass is 19.1. The first kappa shape index (κ1) is 22.0. The van der Waals surface area contributed by atoms with E-state index in [4.69, 9.17) is 4.74 Å². The standard InChI is InChI=1S/C27H29FN2O2/c1-3-29-13-15-30(16-14-29)23-18-24(21-7-5-4-6-8-21)27(32-2)25(19-23)26(31)17-20-9-11-22(28)12-10-20/h4-12,18-19H,3,13-17H2,1-2H3. The molecule has 0 atom stereocenters. The van der Waals surface area contributed by atoms with E-state index in [1.54, 1.807) is 19.2 Å². The Morgan fingerprint density at radius 2 is 1.66 bits per heavy atom. The normalized spacial score (nSPS) is 14.4. The number of carbonyl (C=O) groups is 1. The SMILES string of the molecule is CCN1CCN(c2cc(C(=O)Cc3ccc(F)cc3)c(OC)c(-c3ccccc3)c2)CC1. The predicted molar refractivity (Wildman–Crippen MR) is 127 cm³/mol. The molecule has 0 unspecified atom stereocenters. The second-order valence-corrected chi connectivity index (χ2v) is 8.09. The monoisotopic (exact) mass is 432 g/mol. The number of halogens is 1. The van der Waals surface area contributed by atoms with Gasteiger partial charge in [0.1, 0.15) is 11.6 Å². The molecule has 1 fully saturated rings. The number of hydrogen-bond acceptors (Lipinski definition) is 4. The van der Waals surface area contributed by atoms with E-state index in [2.05, 4.69) is 22.8 Å². The summed E-state index contributed by atoms with van der Waals surface area (Å²) in [6, 6.07) is 20.2. The number of piperazine rings is 1. The van der Waals surface area contributed by atoms with Crippen LogP contribution < -0.4 is 9.64 Å². The molecule has 166 valence electrons. The molecular formula is C27H29FN2O2. The highest BCUT2D eigenvalue weighted by molar-refractivity contribution is 6.03. The summed E-state index contributed by atoms with van der Waals surface area (Å²) in [5.41, 5.74) is 4.29. The molecule has 3 aromatic rings. The second-order valence-electron chi connectivity index (χ2n) is 8.09. The molecule has 3 aromatic carbocycles. The minimum absolute atomic E-state index is 0.0420. The maximum absolute atomic E-state index is 13.4. The van der Waals surface area contributed by atoms with Crippen molar-refractivity contribution in [3.05, 3.63) is 83.7 Å². The summed E-state index contributed by atoms with van der Waals surface area (Å²) >= 11 is 0. The zero-order chi connectivity index (χ0) is 22.5. The molecule has 1 heterocycles. The molecule has 0 saturated carbocycles. The van der Waals surface area contributed by atoms with Gasteiger partial charge in [-0.2, -0.15) is 0 Å². The van der Waals surface area contributed by atoms with E-state index < -0.39 is 0 Å². The van der Waals surface area contributed by atoms with E-state index in [0.717, 1.165) is 55.1 Å². The number of benzene rings is 3. The zero-order valence-corrected chi connectivity index (χ0v) is 18.7. The van der Waals surface area contributed by atoms with Gasteiger partial charge in [-0.15, -0.1) is 0 Å². The van der Waals surface area contributed by atoms with Crippen molar-refractivity contribution in [2.75, 3.05) is 44.7 Å². The number of anilines is 1. The van der Waals surface area contributed by atoms with Crippen LogP contribution in [0.5, 0.6) is 5.75 Å². The average molecular weight is 433 g/mol. The Bertz CT molecular complexity index is 1060. The van der Waals surface area contributed by atoms with Crippen molar-refractivity contribution in [3.63, 3.8) is 0 Å². The molecule has 32 heavy (non-hydrogen) atoms. The number of nitrogens with zero attached hydrogens (tertiary/aromatic N) is 2. The molecule has 0 spiro atoms. The van der Waals surface area contributed by atoms with E-state index >= 15 is 0 Å². The number of Topliss-reactive ketones (excluding diaryl/α,β-unsaturated/α-hetero) is 1. The van der Waals surface area contributed by atoms with Crippen LogP contribution in [0.1, 0.15) is 22.8 Å². The van der Waals surface area contributed by atoms with Crippen molar-refractivity contribution in [1.82, 2.24) is 4.90 Å². The van der Waals surface area contributed by atoms with E-state index in [1.807, 2.05) is 36.4 Å². The van der Waals surface area contributed by atoms with Crippen molar-refractivity contribution in [3.8, 4) is 16.9 Å². The maximum Gasteiger partial charge on any atom is 0.171 e. The molecule has 4 rings (SSSR count). The molecule has 1 saturated heterocycles. The fraction of sp³-hybridized carbons (Fsp3) is 0.296. The van der Waals surface area contributed by atoms with Gasteiger partial charge >= 0.3 is 0 Å². The number of ketones is 1. The molecule has 0 bridgehead atoms. The molecule has 0 N–H and O–H groups in total. The van der Waals surface area contributed by atoms with Gasteiger partial charge in [0, 0.05) is 43.9 Å². The Labute approximate surface area is 189 Å². The Kier molecular flexibility index (Phi) is 6.86. The topological polar surface area (TPSA) is 32.8 Å². The molecule has 0 aliphatic carbocycles. The maximum atomic E-state index is 13.4. The smallest absolute Gasteiger partial charge is 0.171 e. The first-order valence-electron chi connectivity index (χ1n) is 11.1. The number of ether oxygens (including phenoxy) is 1. The number of likely N-dealkylation sites (N-methyl/N-ethyl adjacent to an activating group) is 1. The Morgan fingerprint density at radius 1 is 0.969 bits per heavy atom. The number of rotatable bonds is 7. The summed E-state index contributed by atoms with van der Waals surface area (Å²) in [7, 11) is 1.61. The van der Waals surface area contributed by atoms with Crippen LogP contribution in [0.2, 0.25) is 0 Å². The molecule has 5 heteroatoms. The third kappa shape index (κ3) is 4.83. The van der Waals surface area contributed by atoms with Gasteiger partial charge in [0.05, 0.1) is 12.7 Å². The zero-order valence-electron chi connectivity index (χ0n) is 18.7. The van der Waals surface area contributed by atoms with Crippen LogP contribution in [0, 0.1) is 5.82 Å². The minimum Gasteiger partial charge on any atom is -0.495 e. The Hall–Kier alpha value is -3.18. The lowest BCUT2D eigenvalue weighted by atomic mass is 9.95. The summed E-state index contributed by atoms with van der Waals surface area (Å²) in [6.45, 7) is 7.07. The molecule has 0 aromatic heterocycles. The average Bonchev–Trinajstić information content (AvgIpc) is 2.85. The van der Waals surface area contributed by atoms with Gasteiger partial charge in [-0.25, -0.2) is 4.39 Å². The van der Waals surface area contributed by atoms with Crippen LogP contribution in [0.25, 0.3) is 11.1 Å². The molecule has 1 aliphatic heterocycles. The van der Waals surface area contributed by atoms with E-state index in [0.29, 0.717) is 11.3 Å². The van der Waals surface area contributed by atoms with Crippen LogP contribution in [0.3, 0.4) is 0 Å². The first-order chi connectivity index (χ1) is 15.6. The third-order valence-electron chi connectivity index (χ3n) is 6.13. The lowest BCUT2D eigenvalue weighted by Crippen LogP contribution is -2.46. The number of carbonyl (C=O) groups excluding carboxylic acids is 1. The van der Waals surface area contributed by atoms with E-state index in [1.165, 1.54) is 12.1 Å². The largest absolute Gasteiger partial charge is 0.495 e. The summed E-state index contributed by atoms with van der Waals surface area (Å²) < 4.78 is 19.1. The van der Waals surface area contributed by atoms with Gasteiger partial charge in [0.15, 0.2) is 5.78 Å². The van der Waals surface area contributed by atoms with Gasteiger partial charge in [-0.3, -0.25) is 4.79 Å². The molecule has 0 radical (unpaired) electrons. The predicted octanol–water partition coefficient (Wildman–Crippen LogP) is 5.07.